The number of rotatable bonds is 1. The minimum absolute atomic E-state index is 0.0503. The van der Waals surface area contributed by atoms with Crippen molar-refractivity contribution in [3.8, 4) is 5.75 Å². The molecule has 3 N–H and O–H groups in total. The Balaban J connectivity index is 3.28. The first-order chi connectivity index (χ1) is 6.06. The molecule has 0 radical (unpaired) electrons. The molecule has 0 amide bonds. The summed E-state index contributed by atoms with van der Waals surface area (Å²) in [5.74, 6) is 3.82. The molecule has 1 aromatic rings. The van der Waals surface area contributed by atoms with Crippen molar-refractivity contribution in [2.45, 2.75) is 6.92 Å². The number of aromatic hydroxyl groups is 1. The predicted octanol–water partition coefficient (Wildman–Crippen LogP) is 1.49. The topological polar surface area (TPSA) is 72.5 Å². The first kappa shape index (κ1) is 10.0. The lowest BCUT2D eigenvalue weighted by molar-refractivity contribution is 0.0500. The van der Waals surface area contributed by atoms with Crippen molar-refractivity contribution in [1.29, 1.82) is 0 Å². The molecule has 5 heteroatoms. The molecular weight excluding hydrogens is 238 g/mol. The maximum atomic E-state index is 11.0. The fourth-order valence-corrected chi connectivity index (χ4v) is 1.53. The molecule has 4 nitrogen and oxygen atoms in total. The van der Waals surface area contributed by atoms with Gasteiger partial charge in [-0.05, 0) is 24.6 Å². The molecule has 0 aromatic heterocycles. The van der Waals surface area contributed by atoms with E-state index < -0.39 is 5.97 Å². The molecule has 0 fully saturated rings. The van der Waals surface area contributed by atoms with E-state index in [9.17, 15) is 9.90 Å². The molecule has 0 aliphatic heterocycles. The second-order valence-corrected chi connectivity index (χ2v) is 3.44. The van der Waals surface area contributed by atoms with Gasteiger partial charge in [-0.2, -0.15) is 5.90 Å². The van der Waals surface area contributed by atoms with Crippen LogP contribution in [0, 0.1) is 6.92 Å². The number of hydrogen-bond acceptors (Lipinski definition) is 4. The lowest BCUT2D eigenvalue weighted by Gasteiger charge is -2.05. The van der Waals surface area contributed by atoms with Gasteiger partial charge in [0.1, 0.15) is 11.3 Å². The second kappa shape index (κ2) is 3.76. The summed E-state index contributed by atoms with van der Waals surface area (Å²) in [6.45, 7) is 1.67. The first-order valence-electron chi connectivity index (χ1n) is 3.46. The van der Waals surface area contributed by atoms with Crippen molar-refractivity contribution in [1.82, 2.24) is 0 Å². The Labute approximate surface area is 83.4 Å². The molecule has 0 aliphatic rings. The predicted molar refractivity (Wildman–Crippen MR) is 50.1 cm³/mol. The summed E-state index contributed by atoms with van der Waals surface area (Å²) < 4.78 is 0.684. The molecular formula is C8H8BrNO3. The molecule has 0 bridgehead atoms. The van der Waals surface area contributed by atoms with Gasteiger partial charge in [0.15, 0.2) is 0 Å². The molecule has 0 heterocycles. The average molecular weight is 246 g/mol. The van der Waals surface area contributed by atoms with E-state index in [4.69, 9.17) is 5.90 Å². The van der Waals surface area contributed by atoms with Crippen LogP contribution in [-0.2, 0) is 4.84 Å². The fourth-order valence-electron chi connectivity index (χ4n) is 0.955. The number of phenolic OH excluding ortho intramolecular Hbond substituents is 1. The van der Waals surface area contributed by atoms with Crippen LogP contribution in [0.4, 0.5) is 0 Å². The van der Waals surface area contributed by atoms with Crippen LogP contribution in [0.5, 0.6) is 5.75 Å². The van der Waals surface area contributed by atoms with Gasteiger partial charge in [-0.3, -0.25) is 0 Å². The summed E-state index contributed by atoms with van der Waals surface area (Å²) in [6, 6.07) is 3.13. The Kier molecular flexibility index (Phi) is 2.90. The van der Waals surface area contributed by atoms with E-state index in [1.54, 1.807) is 13.0 Å². The molecule has 0 unspecified atom stereocenters. The zero-order valence-electron chi connectivity index (χ0n) is 6.87. The Hall–Kier alpha value is -1.07. The van der Waals surface area contributed by atoms with Crippen molar-refractivity contribution in [3.63, 3.8) is 0 Å². The number of phenols is 1. The van der Waals surface area contributed by atoms with E-state index in [1.807, 2.05) is 0 Å². The third-order valence-corrected chi connectivity index (χ3v) is 2.05. The van der Waals surface area contributed by atoms with Crippen molar-refractivity contribution in [3.05, 3.63) is 27.7 Å². The van der Waals surface area contributed by atoms with Gasteiger partial charge in [0, 0.05) is 4.47 Å². The molecule has 0 spiro atoms. The quantitative estimate of drug-likeness (QED) is 0.736. The van der Waals surface area contributed by atoms with Crippen molar-refractivity contribution in [2.24, 2.45) is 5.90 Å². The molecule has 13 heavy (non-hydrogen) atoms. The van der Waals surface area contributed by atoms with Crippen molar-refractivity contribution >= 4 is 21.9 Å². The van der Waals surface area contributed by atoms with Gasteiger partial charge in [-0.15, -0.1) is 0 Å². The Morgan fingerprint density at radius 3 is 2.77 bits per heavy atom. The van der Waals surface area contributed by atoms with Crippen LogP contribution < -0.4 is 5.90 Å². The van der Waals surface area contributed by atoms with Gasteiger partial charge in [-0.1, -0.05) is 15.9 Å². The standard InChI is InChI=1S/C8H8BrNO3/c1-4-2-5(9)3-6(7(4)11)8(12)13-10/h2-3,11H,10H2,1H3. The van der Waals surface area contributed by atoms with E-state index in [2.05, 4.69) is 20.8 Å². The Morgan fingerprint density at radius 1 is 1.62 bits per heavy atom. The van der Waals surface area contributed by atoms with Crippen LogP contribution in [0.25, 0.3) is 0 Å². The van der Waals surface area contributed by atoms with Crippen LogP contribution in [0.15, 0.2) is 16.6 Å². The highest BCUT2D eigenvalue weighted by Gasteiger charge is 2.14. The molecule has 1 rings (SSSR count). The zero-order valence-corrected chi connectivity index (χ0v) is 8.46. The van der Waals surface area contributed by atoms with Gasteiger partial charge in [-0.25, -0.2) is 4.79 Å². The van der Waals surface area contributed by atoms with Gasteiger partial charge in [0.2, 0.25) is 0 Å². The third-order valence-electron chi connectivity index (χ3n) is 1.59. The fraction of sp³-hybridized carbons (Fsp3) is 0.125. The van der Waals surface area contributed by atoms with E-state index in [-0.39, 0.29) is 11.3 Å². The summed E-state index contributed by atoms with van der Waals surface area (Å²) in [6.07, 6.45) is 0. The van der Waals surface area contributed by atoms with Gasteiger partial charge >= 0.3 is 5.97 Å². The highest BCUT2D eigenvalue weighted by molar-refractivity contribution is 9.10. The monoisotopic (exact) mass is 245 g/mol. The molecule has 0 saturated carbocycles. The van der Waals surface area contributed by atoms with E-state index in [0.717, 1.165) is 0 Å². The summed E-state index contributed by atoms with van der Waals surface area (Å²) in [4.78, 5) is 15.0. The highest BCUT2D eigenvalue weighted by Crippen LogP contribution is 2.26. The van der Waals surface area contributed by atoms with Crippen LogP contribution in [0.3, 0.4) is 0 Å². The lowest BCUT2D eigenvalue weighted by Crippen LogP contribution is -2.10. The van der Waals surface area contributed by atoms with E-state index in [0.29, 0.717) is 10.0 Å². The van der Waals surface area contributed by atoms with Gasteiger partial charge < -0.3 is 9.94 Å². The van der Waals surface area contributed by atoms with Crippen LogP contribution >= 0.6 is 15.9 Å². The maximum Gasteiger partial charge on any atom is 0.360 e. The molecule has 0 atom stereocenters. The second-order valence-electron chi connectivity index (χ2n) is 2.52. The van der Waals surface area contributed by atoms with E-state index >= 15 is 0 Å². The zero-order chi connectivity index (χ0) is 10.0. The van der Waals surface area contributed by atoms with Gasteiger partial charge in [0.05, 0.1) is 0 Å². The number of aryl methyl sites for hydroxylation is 1. The molecule has 0 aliphatic carbocycles. The summed E-state index contributed by atoms with van der Waals surface area (Å²) in [5.41, 5.74) is 0.629. The summed E-state index contributed by atoms with van der Waals surface area (Å²) in [7, 11) is 0. The SMILES string of the molecule is Cc1cc(Br)cc(C(=O)ON)c1O. The lowest BCUT2D eigenvalue weighted by atomic mass is 10.1. The largest absolute Gasteiger partial charge is 0.507 e. The molecule has 1 aromatic carbocycles. The number of hydrogen-bond donors (Lipinski definition) is 2. The number of benzene rings is 1. The van der Waals surface area contributed by atoms with E-state index in [1.165, 1.54) is 6.07 Å². The Morgan fingerprint density at radius 2 is 2.23 bits per heavy atom. The number of halogens is 1. The highest BCUT2D eigenvalue weighted by atomic mass is 79.9. The van der Waals surface area contributed by atoms with Crippen molar-refractivity contribution < 1.29 is 14.7 Å². The van der Waals surface area contributed by atoms with Crippen LogP contribution in [-0.4, -0.2) is 11.1 Å². The number of carbonyl (C=O) groups is 1. The maximum absolute atomic E-state index is 11.0. The smallest absolute Gasteiger partial charge is 0.360 e. The normalized spacial score (nSPS) is 9.77. The van der Waals surface area contributed by atoms with Crippen LogP contribution in [0.2, 0.25) is 0 Å². The van der Waals surface area contributed by atoms with Crippen LogP contribution in [0.1, 0.15) is 15.9 Å². The number of carbonyl (C=O) groups excluding carboxylic acids is 1. The van der Waals surface area contributed by atoms with Gasteiger partial charge in [0.25, 0.3) is 0 Å². The summed E-state index contributed by atoms with van der Waals surface area (Å²) >= 11 is 3.18. The number of nitrogens with two attached hydrogens (primary N) is 1. The molecule has 70 valence electrons. The Bertz CT molecular complexity index is 351. The average Bonchev–Trinajstić information content (AvgIpc) is 2.10. The third kappa shape index (κ3) is 1.99. The minimum atomic E-state index is -0.762. The van der Waals surface area contributed by atoms with Crippen molar-refractivity contribution in [2.75, 3.05) is 0 Å². The molecule has 0 saturated heterocycles. The minimum Gasteiger partial charge on any atom is -0.507 e. The summed E-state index contributed by atoms with van der Waals surface area (Å²) in [5, 5.41) is 9.45. The first-order valence-corrected chi connectivity index (χ1v) is 4.25.